The van der Waals surface area contributed by atoms with E-state index >= 15 is 0 Å². The zero-order chi connectivity index (χ0) is 24.0. The second-order valence-electron chi connectivity index (χ2n) is 6.70. The number of nitro benzene ring substituents is 1. The van der Waals surface area contributed by atoms with Gasteiger partial charge in [0.1, 0.15) is 0 Å². The Bertz CT molecular complexity index is 1130. The van der Waals surface area contributed by atoms with Crippen molar-refractivity contribution < 1.29 is 33.5 Å². The summed E-state index contributed by atoms with van der Waals surface area (Å²) in [4.78, 5) is 48.2. The lowest BCUT2D eigenvalue weighted by atomic mass is 10.1. The van der Waals surface area contributed by atoms with Crippen molar-refractivity contribution >= 4 is 40.6 Å². The van der Waals surface area contributed by atoms with E-state index in [9.17, 15) is 24.5 Å². The van der Waals surface area contributed by atoms with Gasteiger partial charge in [0.25, 0.3) is 16.8 Å². The van der Waals surface area contributed by atoms with Crippen LogP contribution in [0.5, 0.6) is 11.5 Å². The number of ether oxygens (including phenoxy) is 3. The number of benzene rings is 2. The number of thioether (sulfide) groups is 1. The van der Waals surface area contributed by atoms with Crippen molar-refractivity contribution in [1.29, 1.82) is 0 Å². The maximum atomic E-state index is 12.8. The standard InChI is InChI=1S/C22H20N2O8S/c1-3-31-18-10-14(7-8-17(18)32-13-20(25)30-2)11-19-21(26)23(22(27)33-19)12-15-5-4-6-16(9-15)24(28)29/h4-11H,3,12-13H2,1-2H3/b19-11-. The Hall–Kier alpha value is -3.86. The summed E-state index contributed by atoms with van der Waals surface area (Å²) in [6, 6.07) is 10.7. The van der Waals surface area contributed by atoms with Crippen molar-refractivity contribution in [3.8, 4) is 11.5 Å². The molecule has 33 heavy (non-hydrogen) atoms. The Kier molecular flexibility index (Phi) is 7.67. The molecule has 0 spiro atoms. The molecule has 1 aliphatic rings. The van der Waals surface area contributed by atoms with E-state index in [2.05, 4.69) is 4.74 Å². The number of hydrogen-bond donors (Lipinski definition) is 0. The fraction of sp³-hybridized carbons (Fsp3) is 0.227. The molecule has 2 aromatic carbocycles. The molecule has 0 unspecified atom stereocenters. The normalized spacial score (nSPS) is 14.5. The minimum Gasteiger partial charge on any atom is -0.490 e. The lowest BCUT2D eigenvalue weighted by molar-refractivity contribution is -0.384. The lowest BCUT2D eigenvalue weighted by Crippen LogP contribution is -2.27. The molecule has 1 heterocycles. The molecule has 11 heteroatoms. The number of methoxy groups -OCH3 is 1. The summed E-state index contributed by atoms with van der Waals surface area (Å²) in [6.07, 6.45) is 1.55. The quantitative estimate of drug-likeness (QED) is 0.232. The monoisotopic (exact) mass is 472 g/mol. The zero-order valence-corrected chi connectivity index (χ0v) is 18.6. The van der Waals surface area contributed by atoms with Crippen LogP contribution in [-0.2, 0) is 20.9 Å². The molecule has 0 saturated carbocycles. The van der Waals surface area contributed by atoms with Crippen molar-refractivity contribution in [3.05, 3.63) is 68.6 Å². The van der Waals surface area contributed by atoms with Crippen LogP contribution in [0.25, 0.3) is 6.08 Å². The van der Waals surface area contributed by atoms with Gasteiger partial charge in [0, 0.05) is 12.1 Å². The first-order valence-electron chi connectivity index (χ1n) is 9.77. The molecule has 0 bridgehead atoms. The summed E-state index contributed by atoms with van der Waals surface area (Å²) in [7, 11) is 1.25. The molecule has 2 amide bonds. The Morgan fingerprint density at radius 3 is 2.64 bits per heavy atom. The summed E-state index contributed by atoms with van der Waals surface area (Å²) < 4.78 is 15.5. The fourth-order valence-electron chi connectivity index (χ4n) is 2.94. The van der Waals surface area contributed by atoms with Crippen LogP contribution in [0.4, 0.5) is 10.5 Å². The third kappa shape index (κ3) is 5.89. The highest BCUT2D eigenvalue weighted by Crippen LogP contribution is 2.35. The lowest BCUT2D eigenvalue weighted by Gasteiger charge is -2.12. The van der Waals surface area contributed by atoms with E-state index in [1.54, 1.807) is 37.3 Å². The number of nitrogens with zero attached hydrogens (tertiary/aromatic N) is 2. The Morgan fingerprint density at radius 1 is 1.15 bits per heavy atom. The molecule has 0 aromatic heterocycles. The number of carbonyl (C=O) groups is 3. The van der Waals surface area contributed by atoms with Gasteiger partial charge in [-0.2, -0.15) is 0 Å². The van der Waals surface area contributed by atoms with Crippen LogP contribution < -0.4 is 9.47 Å². The van der Waals surface area contributed by atoms with Crippen LogP contribution in [-0.4, -0.2) is 47.3 Å². The van der Waals surface area contributed by atoms with E-state index < -0.39 is 22.0 Å². The van der Waals surface area contributed by atoms with Gasteiger partial charge in [0.05, 0.1) is 30.1 Å². The predicted octanol–water partition coefficient (Wildman–Crippen LogP) is 3.78. The summed E-state index contributed by atoms with van der Waals surface area (Å²) >= 11 is 0.778. The van der Waals surface area contributed by atoms with Crippen LogP contribution in [0, 0.1) is 10.1 Å². The van der Waals surface area contributed by atoms with Gasteiger partial charge in [-0.05, 0) is 48.0 Å². The first-order chi connectivity index (χ1) is 15.8. The van der Waals surface area contributed by atoms with E-state index in [0.717, 1.165) is 16.7 Å². The molecule has 0 aliphatic carbocycles. The summed E-state index contributed by atoms with van der Waals surface area (Å²) in [5, 5.41) is 10.5. The van der Waals surface area contributed by atoms with Crippen molar-refractivity contribution in [2.45, 2.75) is 13.5 Å². The molecular formula is C22H20N2O8S. The van der Waals surface area contributed by atoms with Gasteiger partial charge < -0.3 is 14.2 Å². The van der Waals surface area contributed by atoms with Gasteiger partial charge in [0.2, 0.25) is 0 Å². The third-order valence-electron chi connectivity index (χ3n) is 4.47. The highest BCUT2D eigenvalue weighted by atomic mass is 32.2. The first kappa shape index (κ1) is 23.8. The van der Waals surface area contributed by atoms with Gasteiger partial charge >= 0.3 is 5.97 Å². The third-order valence-corrected chi connectivity index (χ3v) is 5.38. The predicted molar refractivity (Wildman–Crippen MR) is 120 cm³/mol. The number of carbonyl (C=O) groups excluding carboxylic acids is 3. The molecule has 0 radical (unpaired) electrons. The fourth-order valence-corrected chi connectivity index (χ4v) is 3.77. The van der Waals surface area contributed by atoms with Gasteiger partial charge in [-0.25, -0.2) is 4.79 Å². The van der Waals surface area contributed by atoms with Gasteiger partial charge in [0.15, 0.2) is 18.1 Å². The number of hydrogen-bond acceptors (Lipinski definition) is 9. The van der Waals surface area contributed by atoms with Crippen LogP contribution >= 0.6 is 11.8 Å². The Balaban J connectivity index is 1.79. The molecule has 1 fully saturated rings. The second kappa shape index (κ2) is 10.6. The molecule has 1 saturated heterocycles. The number of imide groups is 1. The average Bonchev–Trinajstić information content (AvgIpc) is 3.06. The van der Waals surface area contributed by atoms with Crippen LogP contribution in [0.15, 0.2) is 47.4 Å². The molecule has 2 aromatic rings. The van der Waals surface area contributed by atoms with Crippen LogP contribution in [0.3, 0.4) is 0 Å². The zero-order valence-electron chi connectivity index (χ0n) is 17.8. The summed E-state index contributed by atoms with van der Waals surface area (Å²) in [5.74, 6) is -0.344. The van der Waals surface area contributed by atoms with Crippen molar-refractivity contribution in [2.24, 2.45) is 0 Å². The maximum Gasteiger partial charge on any atom is 0.343 e. The number of amides is 2. The SMILES string of the molecule is CCOc1cc(/C=C2\SC(=O)N(Cc3cccc([N+](=O)[O-])c3)C2=O)ccc1OCC(=O)OC. The topological polar surface area (TPSA) is 125 Å². The smallest absolute Gasteiger partial charge is 0.343 e. The highest BCUT2D eigenvalue weighted by molar-refractivity contribution is 8.18. The number of nitro groups is 1. The van der Waals surface area contributed by atoms with Gasteiger partial charge in [-0.1, -0.05) is 18.2 Å². The minimum atomic E-state index is -0.543. The van der Waals surface area contributed by atoms with Crippen molar-refractivity contribution in [2.75, 3.05) is 20.3 Å². The van der Waals surface area contributed by atoms with Gasteiger partial charge in [-0.3, -0.25) is 24.6 Å². The van der Waals surface area contributed by atoms with Crippen molar-refractivity contribution in [3.63, 3.8) is 0 Å². The first-order valence-corrected chi connectivity index (χ1v) is 10.6. The Morgan fingerprint density at radius 2 is 1.94 bits per heavy atom. The molecule has 172 valence electrons. The minimum absolute atomic E-state index is 0.0752. The Labute approximate surface area is 193 Å². The molecule has 0 N–H and O–H groups in total. The molecular weight excluding hydrogens is 452 g/mol. The molecule has 10 nitrogen and oxygen atoms in total. The van der Waals surface area contributed by atoms with Crippen LogP contribution in [0.2, 0.25) is 0 Å². The van der Waals surface area contributed by atoms with E-state index in [4.69, 9.17) is 9.47 Å². The largest absolute Gasteiger partial charge is 0.490 e. The number of rotatable bonds is 9. The average molecular weight is 472 g/mol. The summed E-state index contributed by atoms with van der Waals surface area (Å²) in [6.45, 7) is 1.77. The highest BCUT2D eigenvalue weighted by Gasteiger charge is 2.35. The maximum absolute atomic E-state index is 12.8. The second-order valence-corrected chi connectivity index (χ2v) is 7.69. The van der Waals surface area contributed by atoms with E-state index in [1.165, 1.54) is 25.3 Å². The molecule has 1 aliphatic heterocycles. The van der Waals surface area contributed by atoms with Gasteiger partial charge in [-0.15, -0.1) is 0 Å². The van der Waals surface area contributed by atoms with Crippen molar-refractivity contribution in [1.82, 2.24) is 4.90 Å². The summed E-state index contributed by atoms with van der Waals surface area (Å²) in [5.41, 5.74) is 0.941. The number of esters is 1. The van der Waals surface area contributed by atoms with E-state index in [-0.39, 0.29) is 23.7 Å². The van der Waals surface area contributed by atoms with E-state index in [0.29, 0.717) is 29.2 Å². The van der Waals surface area contributed by atoms with Crippen LogP contribution in [0.1, 0.15) is 18.1 Å². The molecule has 0 atom stereocenters. The number of non-ortho nitro benzene ring substituents is 1. The molecule has 3 rings (SSSR count). The van der Waals surface area contributed by atoms with E-state index in [1.807, 2.05) is 0 Å².